The molecule has 2 aromatic carbocycles. The van der Waals surface area contributed by atoms with Gasteiger partial charge >= 0.3 is 0 Å². The van der Waals surface area contributed by atoms with Gasteiger partial charge in [0.25, 0.3) is 0 Å². The molecule has 0 amide bonds. The van der Waals surface area contributed by atoms with Crippen molar-refractivity contribution >= 4 is 11.4 Å². The van der Waals surface area contributed by atoms with E-state index in [0.717, 1.165) is 30.1 Å². The minimum Gasteiger partial charge on any atom is -0.487 e. The summed E-state index contributed by atoms with van der Waals surface area (Å²) in [5.41, 5.74) is 8.60. The second-order valence-corrected chi connectivity index (χ2v) is 5.16. The number of nitrogens with zero attached hydrogens (tertiary/aromatic N) is 1. The fourth-order valence-electron chi connectivity index (χ4n) is 2.51. The van der Waals surface area contributed by atoms with Crippen molar-refractivity contribution in [2.75, 3.05) is 17.2 Å². The maximum absolute atomic E-state index is 13.0. The Balaban J connectivity index is 1.88. The van der Waals surface area contributed by atoms with Gasteiger partial charge in [-0.3, -0.25) is 0 Å². The Bertz CT molecular complexity index is 612. The second kappa shape index (κ2) is 5.04. The van der Waals surface area contributed by atoms with Crippen LogP contribution in [0.3, 0.4) is 0 Å². The van der Waals surface area contributed by atoms with Crippen molar-refractivity contribution in [2.45, 2.75) is 19.6 Å². The van der Waals surface area contributed by atoms with E-state index in [1.165, 1.54) is 12.1 Å². The Labute approximate surface area is 117 Å². The highest BCUT2D eigenvalue weighted by Crippen LogP contribution is 2.35. The Kier molecular flexibility index (Phi) is 3.22. The van der Waals surface area contributed by atoms with Gasteiger partial charge in [-0.25, -0.2) is 4.39 Å². The minimum absolute atomic E-state index is 0.102. The average Bonchev–Trinajstić information content (AvgIpc) is 2.40. The van der Waals surface area contributed by atoms with Crippen LogP contribution in [0.15, 0.2) is 42.5 Å². The quantitative estimate of drug-likeness (QED) is 0.853. The van der Waals surface area contributed by atoms with E-state index in [2.05, 4.69) is 4.90 Å². The van der Waals surface area contributed by atoms with E-state index in [0.29, 0.717) is 5.69 Å². The topological polar surface area (TPSA) is 38.5 Å². The Hall–Kier alpha value is -2.23. The molecule has 1 aliphatic rings. The van der Waals surface area contributed by atoms with E-state index < -0.39 is 0 Å². The number of nitrogens with two attached hydrogens (primary N) is 1. The number of anilines is 2. The average molecular weight is 272 g/mol. The van der Waals surface area contributed by atoms with E-state index in [9.17, 15) is 4.39 Å². The smallest absolute Gasteiger partial charge is 0.145 e. The normalized spacial score (nSPS) is 17.5. The van der Waals surface area contributed by atoms with Crippen LogP contribution in [0.4, 0.5) is 15.8 Å². The van der Waals surface area contributed by atoms with E-state index >= 15 is 0 Å². The van der Waals surface area contributed by atoms with Crippen molar-refractivity contribution in [3.8, 4) is 5.75 Å². The summed E-state index contributed by atoms with van der Waals surface area (Å²) in [5.74, 6) is 0.600. The van der Waals surface area contributed by atoms with Crippen LogP contribution in [0.2, 0.25) is 0 Å². The molecule has 1 atom stereocenters. The number of nitrogen functional groups attached to an aromatic ring is 1. The lowest BCUT2D eigenvalue weighted by Gasteiger charge is -2.35. The third kappa shape index (κ3) is 2.54. The Morgan fingerprint density at radius 1 is 1.25 bits per heavy atom. The molecule has 2 N–H and O–H groups in total. The highest BCUT2D eigenvalue weighted by molar-refractivity contribution is 5.65. The minimum atomic E-state index is -0.211. The van der Waals surface area contributed by atoms with Gasteiger partial charge in [0.1, 0.15) is 17.7 Å². The van der Waals surface area contributed by atoms with Gasteiger partial charge in [-0.15, -0.1) is 0 Å². The number of hydrogen-bond acceptors (Lipinski definition) is 3. The monoisotopic (exact) mass is 272 g/mol. The summed E-state index contributed by atoms with van der Waals surface area (Å²) in [6.07, 6.45) is 0.102. The predicted octanol–water partition coefficient (Wildman–Crippen LogP) is 3.20. The van der Waals surface area contributed by atoms with Gasteiger partial charge in [-0.1, -0.05) is 12.1 Å². The van der Waals surface area contributed by atoms with Crippen molar-refractivity contribution in [1.29, 1.82) is 0 Å². The molecule has 4 heteroatoms. The summed E-state index contributed by atoms with van der Waals surface area (Å²) < 4.78 is 18.8. The molecule has 3 rings (SSSR count). The highest BCUT2D eigenvalue weighted by atomic mass is 19.1. The molecular weight excluding hydrogens is 255 g/mol. The third-order valence-corrected chi connectivity index (χ3v) is 3.42. The molecule has 0 radical (unpaired) electrons. The van der Waals surface area contributed by atoms with Crippen LogP contribution in [0.25, 0.3) is 0 Å². The van der Waals surface area contributed by atoms with Crippen LogP contribution < -0.4 is 15.4 Å². The molecule has 1 aliphatic heterocycles. The predicted molar refractivity (Wildman–Crippen MR) is 78.4 cm³/mol. The molecular formula is C16H17FN2O. The van der Waals surface area contributed by atoms with Crippen molar-refractivity contribution < 1.29 is 9.13 Å². The van der Waals surface area contributed by atoms with Crippen LogP contribution in [0.5, 0.6) is 5.75 Å². The molecule has 1 heterocycles. The summed E-state index contributed by atoms with van der Waals surface area (Å²) in [7, 11) is 0. The van der Waals surface area contributed by atoms with Crippen molar-refractivity contribution in [1.82, 2.24) is 0 Å². The van der Waals surface area contributed by atoms with Crippen molar-refractivity contribution in [2.24, 2.45) is 0 Å². The number of halogens is 1. The summed E-state index contributed by atoms with van der Waals surface area (Å²) >= 11 is 0. The van der Waals surface area contributed by atoms with Gasteiger partial charge < -0.3 is 15.4 Å². The maximum Gasteiger partial charge on any atom is 0.145 e. The zero-order valence-electron chi connectivity index (χ0n) is 11.3. The molecule has 0 spiro atoms. The first-order valence-corrected chi connectivity index (χ1v) is 6.67. The molecule has 0 saturated heterocycles. The van der Waals surface area contributed by atoms with E-state index in [4.69, 9.17) is 10.5 Å². The fraction of sp³-hybridized carbons (Fsp3) is 0.250. The van der Waals surface area contributed by atoms with Gasteiger partial charge in [0.15, 0.2) is 0 Å². The largest absolute Gasteiger partial charge is 0.487 e. The SMILES string of the molecule is CC1CN(Cc2ccc(F)cc2)c2ccc(N)cc2O1. The van der Waals surface area contributed by atoms with E-state index in [1.54, 1.807) is 0 Å². The number of rotatable bonds is 2. The van der Waals surface area contributed by atoms with Crippen molar-refractivity contribution in [3.05, 3.63) is 53.8 Å². The van der Waals surface area contributed by atoms with Crippen LogP contribution in [-0.2, 0) is 6.54 Å². The maximum atomic E-state index is 13.0. The first-order chi connectivity index (χ1) is 9.61. The van der Waals surface area contributed by atoms with Crippen LogP contribution in [-0.4, -0.2) is 12.6 Å². The lowest BCUT2D eigenvalue weighted by Crippen LogP contribution is -2.37. The number of hydrogen-bond donors (Lipinski definition) is 1. The summed E-state index contributed by atoms with van der Waals surface area (Å²) in [4.78, 5) is 2.23. The van der Waals surface area contributed by atoms with Gasteiger partial charge in [0.05, 0.1) is 12.2 Å². The number of fused-ring (bicyclic) bond motifs is 1. The second-order valence-electron chi connectivity index (χ2n) is 5.16. The lowest BCUT2D eigenvalue weighted by atomic mass is 10.1. The first-order valence-electron chi connectivity index (χ1n) is 6.67. The zero-order valence-corrected chi connectivity index (χ0v) is 11.3. The standard InChI is InChI=1S/C16H17FN2O/c1-11-9-19(10-12-2-4-13(17)5-3-12)15-7-6-14(18)8-16(15)20-11/h2-8,11H,9-10,18H2,1H3. The van der Waals surface area contributed by atoms with Gasteiger partial charge in [-0.2, -0.15) is 0 Å². The lowest BCUT2D eigenvalue weighted by molar-refractivity contribution is 0.212. The van der Waals surface area contributed by atoms with E-state index in [-0.39, 0.29) is 11.9 Å². The Morgan fingerprint density at radius 2 is 2.00 bits per heavy atom. The first kappa shape index (κ1) is 12.8. The zero-order chi connectivity index (χ0) is 14.1. The third-order valence-electron chi connectivity index (χ3n) is 3.42. The van der Waals surface area contributed by atoms with Gasteiger partial charge in [0.2, 0.25) is 0 Å². The van der Waals surface area contributed by atoms with Crippen molar-refractivity contribution in [3.63, 3.8) is 0 Å². The van der Waals surface area contributed by atoms with Gasteiger partial charge in [0, 0.05) is 18.3 Å². The van der Waals surface area contributed by atoms with Gasteiger partial charge in [-0.05, 0) is 36.8 Å². The van der Waals surface area contributed by atoms with Crippen LogP contribution >= 0.6 is 0 Å². The molecule has 1 unspecified atom stereocenters. The molecule has 2 aromatic rings. The Morgan fingerprint density at radius 3 is 2.75 bits per heavy atom. The summed E-state index contributed by atoms with van der Waals surface area (Å²) in [6.45, 7) is 3.56. The molecule has 0 aromatic heterocycles. The van der Waals surface area contributed by atoms with Crippen LogP contribution in [0.1, 0.15) is 12.5 Å². The summed E-state index contributed by atoms with van der Waals surface area (Å²) in [5, 5.41) is 0. The molecule has 0 fully saturated rings. The molecule has 0 saturated carbocycles. The fourth-order valence-corrected chi connectivity index (χ4v) is 2.51. The number of benzene rings is 2. The number of ether oxygens (including phenoxy) is 1. The molecule has 104 valence electrons. The molecule has 3 nitrogen and oxygen atoms in total. The highest BCUT2D eigenvalue weighted by Gasteiger charge is 2.23. The molecule has 20 heavy (non-hydrogen) atoms. The summed E-state index contributed by atoms with van der Waals surface area (Å²) in [6, 6.07) is 12.3. The van der Waals surface area contributed by atoms with E-state index in [1.807, 2.05) is 37.3 Å². The molecule has 0 bridgehead atoms. The van der Waals surface area contributed by atoms with Crippen LogP contribution in [0, 0.1) is 5.82 Å². The molecule has 0 aliphatic carbocycles.